The summed E-state index contributed by atoms with van der Waals surface area (Å²) in [5.41, 5.74) is -0.319. The predicted molar refractivity (Wildman–Crippen MR) is 81.6 cm³/mol. The Morgan fingerprint density at radius 1 is 1.25 bits per heavy atom. The third-order valence-electron chi connectivity index (χ3n) is 4.74. The van der Waals surface area contributed by atoms with E-state index in [1.54, 1.807) is 19.9 Å². The highest BCUT2D eigenvalue weighted by Gasteiger charge is 2.43. The molecule has 6 atom stereocenters. The van der Waals surface area contributed by atoms with Gasteiger partial charge in [0.15, 0.2) is 6.29 Å². The first kappa shape index (κ1) is 19.3. The van der Waals surface area contributed by atoms with Gasteiger partial charge in [-0.15, -0.1) is 0 Å². The van der Waals surface area contributed by atoms with Crippen LogP contribution in [-0.2, 0) is 14.3 Å². The molecule has 1 saturated heterocycles. The lowest BCUT2D eigenvalue weighted by Crippen LogP contribution is -2.58. The van der Waals surface area contributed by atoms with Crippen molar-refractivity contribution in [1.82, 2.24) is 0 Å². The van der Waals surface area contributed by atoms with E-state index >= 15 is 0 Å². The minimum Gasteiger partial charge on any atom is -0.459 e. The van der Waals surface area contributed by atoms with Crippen LogP contribution in [0.5, 0.6) is 0 Å². The SMILES string of the molecule is CC(C)(O)[C@@H]1CC=C(C(=O)OC[C@H]2OC(O)[C@H](O)[C@@H](O)[C@@H]2O)CC1. The minimum atomic E-state index is -1.66. The summed E-state index contributed by atoms with van der Waals surface area (Å²) in [7, 11) is 0. The molecule has 1 aliphatic carbocycles. The standard InChI is InChI=1S/C16H26O8/c1-16(2,22)9-5-3-8(4-6-9)14(20)23-7-10-11(17)12(18)13(19)15(21)24-10/h3,9-13,15,17-19,21-22H,4-7H2,1-2H3/t9-,10-,11-,12+,13-,15?/m1/s1. The van der Waals surface area contributed by atoms with Gasteiger partial charge in [-0.3, -0.25) is 0 Å². The van der Waals surface area contributed by atoms with Crippen molar-refractivity contribution in [3.05, 3.63) is 11.6 Å². The van der Waals surface area contributed by atoms with Crippen LogP contribution in [-0.4, -0.2) is 74.4 Å². The Morgan fingerprint density at radius 3 is 2.46 bits per heavy atom. The van der Waals surface area contributed by atoms with Crippen molar-refractivity contribution in [2.75, 3.05) is 6.61 Å². The fourth-order valence-electron chi connectivity index (χ4n) is 2.98. The lowest BCUT2D eigenvalue weighted by Gasteiger charge is -2.38. The number of hydrogen-bond donors (Lipinski definition) is 5. The van der Waals surface area contributed by atoms with Crippen molar-refractivity contribution >= 4 is 5.97 Å². The molecule has 8 nitrogen and oxygen atoms in total. The summed E-state index contributed by atoms with van der Waals surface area (Å²) < 4.78 is 10.0. The minimum absolute atomic E-state index is 0.0735. The Bertz CT molecular complexity index is 483. The van der Waals surface area contributed by atoms with E-state index in [2.05, 4.69) is 0 Å². The van der Waals surface area contributed by atoms with Gasteiger partial charge >= 0.3 is 5.97 Å². The fraction of sp³-hybridized carbons (Fsp3) is 0.812. The van der Waals surface area contributed by atoms with Crippen molar-refractivity contribution in [3.8, 4) is 0 Å². The molecule has 0 amide bonds. The van der Waals surface area contributed by atoms with Crippen molar-refractivity contribution in [1.29, 1.82) is 0 Å². The molecule has 0 spiro atoms. The summed E-state index contributed by atoms with van der Waals surface area (Å²) in [6, 6.07) is 0. The van der Waals surface area contributed by atoms with Gasteiger partial charge in [0.2, 0.25) is 0 Å². The number of carbonyl (C=O) groups excluding carboxylic acids is 1. The van der Waals surface area contributed by atoms with E-state index in [9.17, 15) is 30.3 Å². The molecule has 1 heterocycles. The topological polar surface area (TPSA) is 137 Å². The molecule has 1 unspecified atom stereocenters. The number of aliphatic hydroxyl groups is 5. The smallest absolute Gasteiger partial charge is 0.333 e. The van der Waals surface area contributed by atoms with Gasteiger partial charge in [-0.2, -0.15) is 0 Å². The lowest BCUT2D eigenvalue weighted by atomic mass is 9.79. The van der Waals surface area contributed by atoms with E-state index in [4.69, 9.17) is 9.47 Å². The number of ether oxygens (including phenoxy) is 2. The van der Waals surface area contributed by atoms with Gasteiger partial charge in [0, 0.05) is 5.57 Å². The van der Waals surface area contributed by atoms with Gasteiger partial charge in [0.1, 0.15) is 31.0 Å². The largest absolute Gasteiger partial charge is 0.459 e. The zero-order valence-electron chi connectivity index (χ0n) is 13.8. The second kappa shape index (κ2) is 7.47. The molecule has 1 fully saturated rings. The zero-order valence-corrected chi connectivity index (χ0v) is 13.8. The highest BCUT2D eigenvalue weighted by atomic mass is 16.6. The molecule has 0 aromatic carbocycles. The van der Waals surface area contributed by atoms with Crippen LogP contribution in [0.3, 0.4) is 0 Å². The predicted octanol–water partition coefficient (Wildman–Crippen LogP) is -1.17. The van der Waals surface area contributed by atoms with Crippen molar-refractivity contribution in [3.63, 3.8) is 0 Å². The van der Waals surface area contributed by atoms with Gasteiger partial charge in [-0.05, 0) is 39.0 Å². The molecule has 8 heteroatoms. The number of carbonyl (C=O) groups is 1. The summed E-state index contributed by atoms with van der Waals surface area (Å²) in [4.78, 5) is 12.1. The van der Waals surface area contributed by atoms with Crippen LogP contribution in [0.25, 0.3) is 0 Å². The van der Waals surface area contributed by atoms with Crippen molar-refractivity contribution in [2.24, 2.45) is 5.92 Å². The van der Waals surface area contributed by atoms with Crippen LogP contribution >= 0.6 is 0 Å². The van der Waals surface area contributed by atoms with Gasteiger partial charge in [-0.25, -0.2) is 4.79 Å². The molecule has 0 aromatic rings. The molecule has 2 rings (SSSR count). The molecule has 0 radical (unpaired) electrons. The maximum atomic E-state index is 12.1. The molecule has 138 valence electrons. The number of rotatable bonds is 4. The molecule has 0 bridgehead atoms. The number of hydrogen-bond acceptors (Lipinski definition) is 8. The summed E-state index contributed by atoms with van der Waals surface area (Å²) >= 11 is 0. The quantitative estimate of drug-likeness (QED) is 0.402. The molecule has 1 aliphatic heterocycles. The number of allylic oxidation sites excluding steroid dienone is 1. The van der Waals surface area contributed by atoms with Crippen LogP contribution in [0.2, 0.25) is 0 Å². The van der Waals surface area contributed by atoms with Crippen LogP contribution in [0.1, 0.15) is 33.1 Å². The maximum absolute atomic E-state index is 12.1. The molecule has 24 heavy (non-hydrogen) atoms. The molecule has 0 saturated carbocycles. The molecular formula is C16H26O8. The van der Waals surface area contributed by atoms with Crippen LogP contribution < -0.4 is 0 Å². The maximum Gasteiger partial charge on any atom is 0.333 e. The molecule has 5 N–H and O–H groups in total. The van der Waals surface area contributed by atoms with E-state index in [-0.39, 0.29) is 12.5 Å². The fourth-order valence-corrected chi connectivity index (χ4v) is 2.98. The third-order valence-corrected chi connectivity index (χ3v) is 4.74. The number of esters is 1. The highest BCUT2D eigenvalue weighted by molar-refractivity contribution is 5.88. The molecule has 0 aromatic heterocycles. The first-order chi connectivity index (χ1) is 11.1. The second-order valence-electron chi connectivity index (χ2n) is 6.99. The van der Waals surface area contributed by atoms with Crippen LogP contribution in [0.15, 0.2) is 11.6 Å². The molecular weight excluding hydrogens is 320 g/mol. The summed E-state index contributed by atoms with van der Waals surface area (Å²) in [5.74, 6) is -0.487. The van der Waals surface area contributed by atoms with Crippen molar-refractivity contribution in [2.45, 2.75) is 69.4 Å². The molecule has 2 aliphatic rings. The Balaban J connectivity index is 1.86. The monoisotopic (exact) mass is 346 g/mol. The van der Waals surface area contributed by atoms with Gasteiger partial charge < -0.3 is 35.0 Å². The summed E-state index contributed by atoms with van der Waals surface area (Å²) in [6.07, 6.45) is -4.02. The van der Waals surface area contributed by atoms with Gasteiger partial charge in [0.25, 0.3) is 0 Å². The van der Waals surface area contributed by atoms with Gasteiger partial charge in [0.05, 0.1) is 5.60 Å². The van der Waals surface area contributed by atoms with Crippen LogP contribution in [0, 0.1) is 5.92 Å². The van der Waals surface area contributed by atoms with Crippen molar-refractivity contribution < 1.29 is 39.8 Å². The number of aliphatic hydroxyl groups excluding tert-OH is 4. The van der Waals surface area contributed by atoms with Crippen LogP contribution in [0.4, 0.5) is 0 Å². The van der Waals surface area contributed by atoms with E-state index in [1.807, 2.05) is 0 Å². The Morgan fingerprint density at radius 2 is 1.92 bits per heavy atom. The van der Waals surface area contributed by atoms with Gasteiger partial charge in [-0.1, -0.05) is 6.08 Å². The average Bonchev–Trinajstić information content (AvgIpc) is 2.54. The Labute approximate surface area is 140 Å². The Kier molecular flexibility index (Phi) is 6.00. The summed E-state index contributed by atoms with van der Waals surface area (Å²) in [6.45, 7) is 3.12. The lowest BCUT2D eigenvalue weighted by molar-refractivity contribution is -0.287. The average molecular weight is 346 g/mol. The zero-order chi connectivity index (χ0) is 18.1. The second-order valence-corrected chi connectivity index (χ2v) is 6.99. The summed E-state index contributed by atoms with van der Waals surface area (Å²) in [5, 5.41) is 48.2. The Hall–Kier alpha value is -1.03. The van der Waals surface area contributed by atoms with E-state index < -0.39 is 42.3 Å². The van der Waals surface area contributed by atoms with E-state index in [0.29, 0.717) is 24.8 Å². The first-order valence-corrected chi connectivity index (χ1v) is 8.07. The highest BCUT2D eigenvalue weighted by Crippen LogP contribution is 2.32. The van der Waals surface area contributed by atoms with E-state index in [0.717, 1.165) is 0 Å². The van der Waals surface area contributed by atoms with E-state index in [1.165, 1.54) is 0 Å². The third kappa shape index (κ3) is 4.33. The first-order valence-electron chi connectivity index (χ1n) is 8.07. The normalized spacial score (nSPS) is 37.7.